The second-order valence-electron chi connectivity index (χ2n) is 10.4. The fourth-order valence-electron chi connectivity index (χ4n) is 4.66. The van der Waals surface area contributed by atoms with Crippen molar-refractivity contribution in [3.05, 3.63) is 106 Å². The Morgan fingerprint density at radius 3 is 2.39 bits per heavy atom. The molecular formula is C32H34F2N2O2. The quantitative estimate of drug-likeness (QED) is 0.115. The van der Waals surface area contributed by atoms with Crippen LogP contribution in [-0.4, -0.2) is 23.2 Å². The van der Waals surface area contributed by atoms with Gasteiger partial charge in [0.25, 0.3) is 0 Å². The first-order valence-electron chi connectivity index (χ1n) is 13.1. The van der Waals surface area contributed by atoms with Crippen molar-refractivity contribution in [2.45, 2.75) is 53.0 Å². The van der Waals surface area contributed by atoms with E-state index < -0.39 is 11.6 Å². The normalized spacial score (nSPS) is 11.8. The number of Topliss-reactive ketones (excluding diaryl/α,β-unsaturated/α-hetero) is 1. The molecule has 0 aliphatic heterocycles. The lowest BCUT2D eigenvalue weighted by Crippen LogP contribution is -2.11. The van der Waals surface area contributed by atoms with Crippen LogP contribution >= 0.6 is 0 Å². The molecule has 4 rings (SSSR count). The third-order valence-electron chi connectivity index (χ3n) is 6.45. The Labute approximate surface area is 222 Å². The van der Waals surface area contributed by atoms with Crippen molar-refractivity contribution in [3.8, 4) is 0 Å². The van der Waals surface area contributed by atoms with Gasteiger partial charge in [0, 0.05) is 35.1 Å². The van der Waals surface area contributed by atoms with E-state index in [9.17, 15) is 13.6 Å². The van der Waals surface area contributed by atoms with Crippen molar-refractivity contribution in [1.82, 2.24) is 4.57 Å². The lowest BCUT2D eigenvalue weighted by atomic mass is 9.96. The summed E-state index contributed by atoms with van der Waals surface area (Å²) in [6, 6.07) is 19.9. The van der Waals surface area contributed by atoms with E-state index in [2.05, 4.69) is 49.6 Å². The van der Waals surface area contributed by atoms with Gasteiger partial charge in [-0.05, 0) is 53.1 Å². The number of nitrogens with zero attached hydrogens (tertiary/aromatic N) is 2. The minimum atomic E-state index is -0.899. The molecule has 4 nitrogen and oxygen atoms in total. The van der Waals surface area contributed by atoms with Crippen LogP contribution in [0.15, 0.2) is 71.9 Å². The standard InChI is InChI=1S/C32H34F2N2O2/c1-21(2)20-38-35-18-25-10-13-26-29(17-25)36(19-24-8-6-5-7-9-24)32(22(3)4)31(26)30(37)15-12-23-11-14-27(33)28(34)16-23/h5-11,13-14,16-18,21-22H,12,15,19-20H2,1-4H3/b35-18-. The number of oxime groups is 1. The van der Waals surface area contributed by atoms with Crippen LogP contribution in [0, 0.1) is 17.6 Å². The summed E-state index contributed by atoms with van der Waals surface area (Å²) in [4.78, 5) is 19.1. The molecular weight excluding hydrogens is 482 g/mol. The Hall–Kier alpha value is -3.80. The molecule has 0 N–H and O–H groups in total. The molecule has 3 aromatic carbocycles. The number of rotatable bonds is 11. The number of carbonyl (C=O) groups excluding carboxylic acids is 1. The van der Waals surface area contributed by atoms with Gasteiger partial charge in [0.2, 0.25) is 0 Å². The predicted octanol–water partition coefficient (Wildman–Crippen LogP) is 7.91. The maximum Gasteiger partial charge on any atom is 0.165 e. The van der Waals surface area contributed by atoms with Crippen molar-refractivity contribution < 1.29 is 18.4 Å². The van der Waals surface area contributed by atoms with E-state index in [0.29, 0.717) is 36.6 Å². The number of halogens is 2. The highest BCUT2D eigenvalue weighted by atomic mass is 19.2. The highest BCUT2D eigenvalue weighted by molar-refractivity contribution is 6.10. The van der Waals surface area contributed by atoms with Crippen LogP contribution in [0.5, 0.6) is 0 Å². The van der Waals surface area contributed by atoms with E-state index in [1.54, 1.807) is 6.21 Å². The van der Waals surface area contributed by atoms with Crippen LogP contribution in [0.4, 0.5) is 8.78 Å². The molecule has 0 bridgehead atoms. The molecule has 198 valence electrons. The summed E-state index contributed by atoms with van der Waals surface area (Å²) >= 11 is 0. The maximum absolute atomic E-state index is 13.7. The first-order valence-corrected chi connectivity index (χ1v) is 13.1. The van der Waals surface area contributed by atoms with Gasteiger partial charge in [0.1, 0.15) is 6.61 Å². The molecule has 4 aromatic rings. The zero-order chi connectivity index (χ0) is 27.2. The van der Waals surface area contributed by atoms with Gasteiger partial charge >= 0.3 is 0 Å². The first-order chi connectivity index (χ1) is 18.2. The predicted molar refractivity (Wildman–Crippen MR) is 149 cm³/mol. The van der Waals surface area contributed by atoms with Crippen LogP contribution in [0.3, 0.4) is 0 Å². The lowest BCUT2D eigenvalue weighted by Gasteiger charge is -2.15. The van der Waals surface area contributed by atoms with Gasteiger partial charge < -0.3 is 9.40 Å². The van der Waals surface area contributed by atoms with E-state index in [1.165, 1.54) is 6.07 Å². The molecule has 6 heteroatoms. The molecule has 0 aliphatic rings. The van der Waals surface area contributed by atoms with E-state index in [1.807, 2.05) is 36.4 Å². The number of fused-ring (bicyclic) bond motifs is 1. The summed E-state index contributed by atoms with van der Waals surface area (Å²) in [7, 11) is 0. The summed E-state index contributed by atoms with van der Waals surface area (Å²) in [6.07, 6.45) is 2.22. The molecule has 0 amide bonds. The fraction of sp³-hybridized carbons (Fsp3) is 0.312. The van der Waals surface area contributed by atoms with Gasteiger partial charge in [-0.15, -0.1) is 0 Å². The van der Waals surface area contributed by atoms with Gasteiger partial charge in [0.15, 0.2) is 17.4 Å². The summed E-state index contributed by atoms with van der Waals surface area (Å²) in [5, 5.41) is 4.99. The molecule has 1 aromatic heterocycles. The largest absolute Gasteiger partial charge is 0.396 e. The van der Waals surface area contributed by atoms with Crippen molar-refractivity contribution in [2.24, 2.45) is 11.1 Å². The first kappa shape index (κ1) is 27.2. The van der Waals surface area contributed by atoms with Crippen LogP contribution in [0.2, 0.25) is 0 Å². The smallest absolute Gasteiger partial charge is 0.165 e. The highest BCUT2D eigenvalue weighted by Crippen LogP contribution is 2.34. The number of ketones is 1. The highest BCUT2D eigenvalue weighted by Gasteiger charge is 2.24. The number of carbonyl (C=O) groups is 1. The van der Waals surface area contributed by atoms with E-state index in [0.717, 1.165) is 39.9 Å². The summed E-state index contributed by atoms with van der Waals surface area (Å²) in [5.41, 5.74) is 5.20. The number of benzene rings is 3. The third-order valence-corrected chi connectivity index (χ3v) is 6.45. The molecule has 38 heavy (non-hydrogen) atoms. The van der Waals surface area contributed by atoms with Crippen molar-refractivity contribution >= 4 is 22.9 Å². The van der Waals surface area contributed by atoms with E-state index in [4.69, 9.17) is 4.84 Å². The number of aromatic nitrogens is 1. The molecule has 0 atom stereocenters. The number of hydrogen-bond donors (Lipinski definition) is 0. The van der Waals surface area contributed by atoms with Crippen molar-refractivity contribution in [3.63, 3.8) is 0 Å². The molecule has 0 spiro atoms. The van der Waals surface area contributed by atoms with Gasteiger partial charge in [-0.2, -0.15) is 0 Å². The van der Waals surface area contributed by atoms with Crippen LogP contribution in [0.25, 0.3) is 10.9 Å². The lowest BCUT2D eigenvalue weighted by molar-refractivity contribution is 0.0982. The van der Waals surface area contributed by atoms with Crippen LogP contribution < -0.4 is 0 Å². The molecule has 0 aliphatic carbocycles. The van der Waals surface area contributed by atoms with Crippen molar-refractivity contribution in [2.75, 3.05) is 6.61 Å². The second kappa shape index (κ2) is 12.2. The zero-order valence-corrected chi connectivity index (χ0v) is 22.4. The Bertz CT molecular complexity index is 1440. The van der Waals surface area contributed by atoms with Crippen LogP contribution in [-0.2, 0) is 17.8 Å². The van der Waals surface area contributed by atoms with Gasteiger partial charge in [0.05, 0.1) is 6.21 Å². The molecule has 1 heterocycles. The number of hydrogen-bond acceptors (Lipinski definition) is 3. The SMILES string of the molecule is CC(C)CO/N=C\c1ccc2c(C(=O)CCc3ccc(F)c(F)c3)c(C(C)C)n(Cc3ccccc3)c2c1. The monoisotopic (exact) mass is 516 g/mol. The van der Waals surface area contributed by atoms with E-state index >= 15 is 0 Å². The molecule has 0 saturated carbocycles. The molecule has 0 saturated heterocycles. The minimum absolute atomic E-state index is 0.0167. The average molecular weight is 517 g/mol. The minimum Gasteiger partial charge on any atom is -0.396 e. The summed E-state index contributed by atoms with van der Waals surface area (Å²) < 4.78 is 29.3. The molecule has 0 fully saturated rings. The fourth-order valence-corrected chi connectivity index (χ4v) is 4.66. The topological polar surface area (TPSA) is 43.6 Å². The molecule has 0 radical (unpaired) electrons. The van der Waals surface area contributed by atoms with Crippen LogP contribution in [0.1, 0.15) is 72.8 Å². The third kappa shape index (κ3) is 6.36. The summed E-state index contributed by atoms with van der Waals surface area (Å²) in [5.74, 6) is -1.34. The second-order valence-corrected chi connectivity index (χ2v) is 10.4. The Morgan fingerprint density at radius 2 is 1.71 bits per heavy atom. The Morgan fingerprint density at radius 1 is 0.947 bits per heavy atom. The van der Waals surface area contributed by atoms with E-state index in [-0.39, 0.29) is 18.1 Å². The van der Waals surface area contributed by atoms with Crippen molar-refractivity contribution in [1.29, 1.82) is 0 Å². The Balaban J connectivity index is 1.75. The van der Waals surface area contributed by atoms with Gasteiger partial charge in [-0.1, -0.05) is 81.4 Å². The average Bonchev–Trinajstić information content (AvgIpc) is 3.21. The zero-order valence-electron chi connectivity index (χ0n) is 22.4. The maximum atomic E-state index is 13.7. The number of aryl methyl sites for hydroxylation is 1. The summed E-state index contributed by atoms with van der Waals surface area (Å²) in [6.45, 7) is 9.46. The molecule has 0 unspecified atom stereocenters. The van der Waals surface area contributed by atoms with Gasteiger partial charge in [-0.25, -0.2) is 8.78 Å². The van der Waals surface area contributed by atoms with Gasteiger partial charge in [-0.3, -0.25) is 4.79 Å². The Kier molecular flexibility index (Phi) is 8.72.